The van der Waals surface area contributed by atoms with Gasteiger partial charge in [0.1, 0.15) is 12.4 Å². The molecule has 1 aromatic carbocycles. The minimum Gasteiger partial charge on any atom is -0.492 e. The number of hydrogen-bond acceptors (Lipinski definition) is 4. The van der Waals surface area contributed by atoms with E-state index < -0.39 is 0 Å². The van der Waals surface area contributed by atoms with Crippen molar-refractivity contribution in [1.29, 1.82) is 0 Å². The van der Waals surface area contributed by atoms with Crippen LogP contribution in [0.5, 0.6) is 5.75 Å². The Bertz CT molecular complexity index is 612. The first-order chi connectivity index (χ1) is 13.6. The van der Waals surface area contributed by atoms with Crippen molar-refractivity contribution in [3.8, 4) is 5.75 Å². The second kappa shape index (κ2) is 14.4. The minimum absolute atomic E-state index is 0. The number of likely N-dealkylation sites (tertiary alicyclic amines) is 1. The quantitative estimate of drug-likeness (QED) is 0.216. The number of amides is 1. The van der Waals surface area contributed by atoms with Crippen LogP contribution in [-0.4, -0.2) is 81.1 Å². The molecule has 8 heteroatoms. The molecule has 2 rings (SSSR count). The van der Waals surface area contributed by atoms with Gasteiger partial charge in [-0.3, -0.25) is 14.7 Å². The van der Waals surface area contributed by atoms with Crippen molar-refractivity contribution in [2.45, 2.75) is 32.2 Å². The highest BCUT2D eigenvalue weighted by Gasteiger charge is 2.30. The smallest absolute Gasteiger partial charge is 0.239 e. The number of carbonyl (C=O) groups is 1. The second-order valence-corrected chi connectivity index (χ2v) is 7.13. The van der Waals surface area contributed by atoms with Gasteiger partial charge < -0.3 is 20.3 Å². The highest BCUT2D eigenvalue weighted by molar-refractivity contribution is 14.0. The van der Waals surface area contributed by atoms with Crippen LogP contribution in [0.15, 0.2) is 35.3 Å². The van der Waals surface area contributed by atoms with Crippen LogP contribution in [0.2, 0.25) is 0 Å². The van der Waals surface area contributed by atoms with Crippen LogP contribution in [0.4, 0.5) is 0 Å². The molecule has 1 amide bonds. The van der Waals surface area contributed by atoms with Crippen LogP contribution < -0.4 is 15.4 Å². The number of likely N-dealkylation sites (N-methyl/N-ethyl adjacent to an activating group) is 1. The van der Waals surface area contributed by atoms with E-state index in [1.165, 1.54) is 0 Å². The first-order valence-electron chi connectivity index (χ1n) is 10.3. The number of aliphatic imine (C=N–C) groups is 1. The fraction of sp³-hybridized carbons (Fsp3) is 0.619. The summed E-state index contributed by atoms with van der Waals surface area (Å²) in [6.45, 7) is 6.78. The third-order valence-electron chi connectivity index (χ3n) is 4.71. The maximum Gasteiger partial charge on any atom is 0.239 e. The normalized spacial score (nSPS) is 16.8. The molecule has 1 aromatic rings. The van der Waals surface area contributed by atoms with Crippen LogP contribution >= 0.6 is 24.0 Å². The average Bonchev–Trinajstić information content (AvgIpc) is 3.16. The largest absolute Gasteiger partial charge is 0.492 e. The van der Waals surface area contributed by atoms with E-state index in [0.717, 1.165) is 57.2 Å². The summed E-state index contributed by atoms with van der Waals surface area (Å²) in [4.78, 5) is 20.9. The van der Waals surface area contributed by atoms with E-state index in [2.05, 4.69) is 27.4 Å². The molecule has 0 bridgehead atoms. The van der Waals surface area contributed by atoms with Gasteiger partial charge in [-0.1, -0.05) is 18.2 Å². The molecule has 0 aromatic heterocycles. The topological polar surface area (TPSA) is 69.2 Å². The Morgan fingerprint density at radius 3 is 2.72 bits per heavy atom. The van der Waals surface area contributed by atoms with Gasteiger partial charge in [0.05, 0.1) is 12.6 Å². The summed E-state index contributed by atoms with van der Waals surface area (Å²) in [5.74, 6) is 1.90. The first kappa shape index (κ1) is 25.5. The number of para-hydroxylation sites is 1. The van der Waals surface area contributed by atoms with Gasteiger partial charge in [0.2, 0.25) is 5.91 Å². The summed E-state index contributed by atoms with van der Waals surface area (Å²) >= 11 is 0. The van der Waals surface area contributed by atoms with Crippen molar-refractivity contribution in [2.75, 3.05) is 53.4 Å². The lowest BCUT2D eigenvalue weighted by Gasteiger charge is -2.25. The van der Waals surface area contributed by atoms with E-state index in [0.29, 0.717) is 13.2 Å². The molecule has 0 spiro atoms. The lowest BCUT2D eigenvalue weighted by molar-refractivity contribution is -0.133. The van der Waals surface area contributed by atoms with Gasteiger partial charge in [-0.05, 0) is 44.9 Å². The van der Waals surface area contributed by atoms with E-state index >= 15 is 0 Å². The van der Waals surface area contributed by atoms with Crippen molar-refractivity contribution in [3.05, 3.63) is 30.3 Å². The Morgan fingerprint density at radius 1 is 1.28 bits per heavy atom. The number of guanidine groups is 1. The van der Waals surface area contributed by atoms with Crippen molar-refractivity contribution < 1.29 is 9.53 Å². The Morgan fingerprint density at radius 2 is 2.03 bits per heavy atom. The number of rotatable bonds is 10. The molecule has 1 aliphatic rings. The number of ether oxygens (including phenoxy) is 1. The monoisotopic (exact) mass is 517 g/mol. The van der Waals surface area contributed by atoms with Gasteiger partial charge in [0.15, 0.2) is 5.96 Å². The summed E-state index contributed by atoms with van der Waals surface area (Å²) in [5, 5.41) is 6.56. The number of hydrogen-bond donors (Lipinski definition) is 2. The van der Waals surface area contributed by atoms with Crippen LogP contribution in [0.25, 0.3) is 0 Å². The van der Waals surface area contributed by atoms with E-state index in [1.54, 1.807) is 4.90 Å². The third-order valence-corrected chi connectivity index (χ3v) is 4.71. The molecular formula is C21H36IN5O2. The Kier molecular flexibility index (Phi) is 12.7. The lowest BCUT2D eigenvalue weighted by Crippen LogP contribution is -2.43. The molecule has 1 saturated heterocycles. The van der Waals surface area contributed by atoms with Crippen molar-refractivity contribution in [1.82, 2.24) is 20.4 Å². The number of halogens is 1. The Hall–Kier alpha value is -1.55. The van der Waals surface area contributed by atoms with E-state index in [1.807, 2.05) is 44.4 Å². The van der Waals surface area contributed by atoms with Crippen LogP contribution in [0.3, 0.4) is 0 Å². The zero-order valence-electron chi connectivity index (χ0n) is 17.9. The molecule has 164 valence electrons. The molecule has 1 fully saturated rings. The minimum atomic E-state index is 0. The highest BCUT2D eigenvalue weighted by Crippen LogP contribution is 2.18. The van der Waals surface area contributed by atoms with Gasteiger partial charge in [-0.25, -0.2) is 0 Å². The predicted octanol–water partition coefficient (Wildman–Crippen LogP) is 2.18. The van der Waals surface area contributed by atoms with Gasteiger partial charge in [-0.2, -0.15) is 0 Å². The zero-order valence-corrected chi connectivity index (χ0v) is 20.2. The molecule has 0 aliphatic carbocycles. The van der Waals surface area contributed by atoms with E-state index in [-0.39, 0.29) is 35.9 Å². The predicted molar refractivity (Wildman–Crippen MR) is 129 cm³/mol. The standard InChI is InChI=1S/C21H35N5O2.HI/c1-4-22-21(24-14-17-28-18-10-6-5-7-11-18)23-13-9-16-26-15-8-12-19(26)20(27)25(2)3;/h5-7,10-11,19H,4,8-9,12-17H2,1-3H3,(H2,22,23,24);1H. The maximum absolute atomic E-state index is 12.3. The zero-order chi connectivity index (χ0) is 20.2. The van der Waals surface area contributed by atoms with E-state index in [4.69, 9.17) is 4.74 Å². The van der Waals surface area contributed by atoms with Crippen molar-refractivity contribution in [2.24, 2.45) is 4.99 Å². The van der Waals surface area contributed by atoms with Crippen molar-refractivity contribution >= 4 is 35.8 Å². The van der Waals surface area contributed by atoms with Gasteiger partial charge in [0, 0.05) is 33.7 Å². The third kappa shape index (κ3) is 9.20. The van der Waals surface area contributed by atoms with Gasteiger partial charge in [0.25, 0.3) is 0 Å². The maximum atomic E-state index is 12.3. The molecule has 0 radical (unpaired) electrons. The molecule has 1 atom stereocenters. The van der Waals surface area contributed by atoms with Gasteiger partial charge >= 0.3 is 0 Å². The lowest BCUT2D eigenvalue weighted by atomic mass is 10.2. The number of nitrogens with zero attached hydrogens (tertiary/aromatic N) is 3. The fourth-order valence-corrected chi connectivity index (χ4v) is 3.33. The Balaban J connectivity index is 0.00000420. The van der Waals surface area contributed by atoms with Gasteiger partial charge in [-0.15, -0.1) is 24.0 Å². The first-order valence-corrected chi connectivity index (χ1v) is 10.3. The summed E-state index contributed by atoms with van der Waals surface area (Å²) in [7, 11) is 3.66. The molecule has 0 saturated carbocycles. The summed E-state index contributed by atoms with van der Waals surface area (Å²) in [5.41, 5.74) is 0. The SMILES string of the molecule is CCNC(=NCCCN1CCCC1C(=O)N(C)C)NCCOc1ccccc1.I. The van der Waals surface area contributed by atoms with Crippen LogP contribution in [-0.2, 0) is 4.79 Å². The van der Waals surface area contributed by atoms with Crippen LogP contribution in [0.1, 0.15) is 26.2 Å². The molecular weight excluding hydrogens is 481 g/mol. The highest BCUT2D eigenvalue weighted by atomic mass is 127. The molecule has 1 heterocycles. The number of benzene rings is 1. The average molecular weight is 517 g/mol. The molecule has 7 nitrogen and oxygen atoms in total. The summed E-state index contributed by atoms with van der Waals surface area (Å²) < 4.78 is 5.69. The second-order valence-electron chi connectivity index (χ2n) is 7.13. The molecule has 1 unspecified atom stereocenters. The number of nitrogens with one attached hydrogen (secondary N) is 2. The molecule has 29 heavy (non-hydrogen) atoms. The summed E-state index contributed by atoms with van der Waals surface area (Å²) in [6.07, 6.45) is 3.00. The molecule has 1 aliphatic heterocycles. The van der Waals surface area contributed by atoms with Crippen LogP contribution in [0, 0.1) is 0 Å². The van der Waals surface area contributed by atoms with Crippen molar-refractivity contribution in [3.63, 3.8) is 0 Å². The number of carbonyl (C=O) groups excluding carboxylic acids is 1. The fourth-order valence-electron chi connectivity index (χ4n) is 3.33. The summed E-state index contributed by atoms with van der Waals surface area (Å²) in [6, 6.07) is 9.84. The van der Waals surface area contributed by atoms with E-state index in [9.17, 15) is 4.79 Å². The Labute approximate surface area is 192 Å². The molecule has 2 N–H and O–H groups in total.